The Kier molecular flexibility index (Phi) is 18.7. The molecule has 2 unspecified atom stereocenters. The standard InChI is InChI=1S/C24H48NO8P/c1-6-8-10-11-12-13-14-15-17-24(27)33-22(20-30-23(26)16-9-7-2)21-32-34(28,29)31-19-18-25(3,4)5/h22H,6-21H2,1-5H3/p+1. The number of esters is 2. The van der Waals surface area contributed by atoms with E-state index in [2.05, 4.69) is 6.92 Å². The molecule has 0 aliphatic rings. The molecule has 0 aromatic rings. The van der Waals surface area contributed by atoms with Gasteiger partial charge in [-0.15, -0.1) is 0 Å². The zero-order valence-electron chi connectivity index (χ0n) is 22.1. The summed E-state index contributed by atoms with van der Waals surface area (Å²) in [4.78, 5) is 34.0. The van der Waals surface area contributed by atoms with E-state index in [0.717, 1.165) is 19.3 Å². The number of nitrogens with zero attached hydrogens (tertiary/aromatic N) is 1. The predicted molar refractivity (Wildman–Crippen MR) is 132 cm³/mol. The van der Waals surface area contributed by atoms with Crippen LogP contribution >= 0.6 is 7.82 Å². The zero-order chi connectivity index (χ0) is 25.9. The molecule has 34 heavy (non-hydrogen) atoms. The number of quaternary nitrogens is 1. The minimum Gasteiger partial charge on any atom is -0.462 e. The highest BCUT2D eigenvalue weighted by Gasteiger charge is 2.26. The molecule has 0 aliphatic heterocycles. The molecule has 0 aromatic carbocycles. The van der Waals surface area contributed by atoms with Crippen molar-refractivity contribution < 1.29 is 42.1 Å². The van der Waals surface area contributed by atoms with Gasteiger partial charge in [0.15, 0.2) is 6.10 Å². The molecule has 1 N–H and O–H groups in total. The lowest BCUT2D eigenvalue weighted by atomic mass is 10.1. The van der Waals surface area contributed by atoms with Crippen molar-refractivity contribution >= 4 is 19.8 Å². The number of rotatable bonds is 22. The van der Waals surface area contributed by atoms with Gasteiger partial charge >= 0.3 is 19.8 Å². The van der Waals surface area contributed by atoms with Crippen LogP contribution < -0.4 is 0 Å². The largest absolute Gasteiger partial charge is 0.472 e. The van der Waals surface area contributed by atoms with Crippen LogP contribution in [0.1, 0.15) is 90.9 Å². The van der Waals surface area contributed by atoms with Crippen LogP contribution in [-0.2, 0) is 32.7 Å². The first-order chi connectivity index (χ1) is 16.0. The van der Waals surface area contributed by atoms with Crippen LogP contribution in [0.4, 0.5) is 0 Å². The van der Waals surface area contributed by atoms with E-state index in [9.17, 15) is 19.0 Å². The first kappa shape index (κ1) is 33.0. The maximum atomic E-state index is 12.3. The van der Waals surface area contributed by atoms with Crippen molar-refractivity contribution in [3.63, 3.8) is 0 Å². The maximum absolute atomic E-state index is 12.3. The zero-order valence-corrected chi connectivity index (χ0v) is 23.0. The average Bonchev–Trinajstić information content (AvgIpc) is 2.74. The smallest absolute Gasteiger partial charge is 0.462 e. The van der Waals surface area contributed by atoms with Crippen LogP contribution in [-0.4, -0.2) is 74.9 Å². The Morgan fingerprint density at radius 1 is 0.794 bits per heavy atom. The van der Waals surface area contributed by atoms with Crippen molar-refractivity contribution in [2.45, 2.75) is 97.0 Å². The number of hydrogen-bond acceptors (Lipinski definition) is 7. The van der Waals surface area contributed by atoms with Gasteiger partial charge in [-0.05, 0) is 12.8 Å². The van der Waals surface area contributed by atoms with Gasteiger partial charge in [0, 0.05) is 12.8 Å². The third-order valence-electron chi connectivity index (χ3n) is 5.14. The number of carbonyl (C=O) groups is 2. The molecule has 2 atom stereocenters. The van der Waals surface area contributed by atoms with Crippen molar-refractivity contribution in [3.8, 4) is 0 Å². The Hall–Kier alpha value is -0.990. The second-order valence-electron chi connectivity index (χ2n) is 9.73. The first-order valence-corrected chi connectivity index (χ1v) is 14.3. The lowest BCUT2D eigenvalue weighted by Crippen LogP contribution is -2.37. The van der Waals surface area contributed by atoms with Crippen LogP contribution in [0.5, 0.6) is 0 Å². The Balaban J connectivity index is 4.52. The van der Waals surface area contributed by atoms with Crippen molar-refractivity contribution in [2.24, 2.45) is 0 Å². The SMILES string of the molecule is CCCCCCCCCCC(=O)OC(COC(=O)CCCC)COP(=O)(O)OCC[N+](C)(C)C. The molecule has 0 aliphatic carbocycles. The molecular formula is C24H49NO8P+. The Bertz CT molecular complexity index is 594. The third kappa shape index (κ3) is 21.5. The fraction of sp³-hybridized carbons (Fsp3) is 0.917. The van der Waals surface area contributed by atoms with Gasteiger partial charge in [0.1, 0.15) is 19.8 Å². The molecule has 0 bridgehead atoms. The van der Waals surface area contributed by atoms with Crippen molar-refractivity contribution in [3.05, 3.63) is 0 Å². The minimum atomic E-state index is -4.32. The second kappa shape index (κ2) is 19.2. The Morgan fingerprint density at radius 2 is 1.35 bits per heavy atom. The van der Waals surface area contributed by atoms with Gasteiger partial charge in [-0.2, -0.15) is 0 Å². The van der Waals surface area contributed by atoms with Crippen LogP contribution in [0.15, 0.2) is 0 Å². The number of ether oxygens (including phenoxy) is 2. The molecule has 0 aromatic heterocycles. The summed E-state index contributed by atoms with van der Waals surface area (Å²) in [6.07, 6.45) is 9.95. The number of hydrogen-bond donors (Lipinski definition) is 1. The predicted octanol–water partition coefficient (Wildman–Crippen LogP) is 5.00. The lowest BCUT2D eigenvalue weighted by molar-refractivity contribution is -0.870. The van der Waals surface area contributed by atoms with E-state index in [1.807, 2.05) is 28.1 Å². The van der Waals surface area contributed by atoms with Gasteiger partial charge in [-0.25, -0.2) is 4.57 Å². The fourth-order valence-electron chi connectivity index (χ4n) is 2.99. The average molecular weight is 511 g/mol. The maximum Gasteiger partial charge on any atom is 0.472 e. The molecule has 9 nitrogen and oxygen atoms in total. The van der Waals surface area contributed by atoms with E-state index in [0.29, 0.717) is 23.9 Å². The molecule has 0 rings (SSSR count). The van der Waals surface area contributed by atoms with Crippen LogP contribution in [0, 0.1) is 0 Å². The molecule has 0 saturated heterocycles. The van der Waals surface area contributed by atoms with E-state index >= 15 is 0 Å². The highest BCUT2D eigenvalue weighted by Crippen LogP contribution is 2.43. The second-order valence-corrected chi connectivity index (χ2v) is 11.2. The summed E-state index contributed by atoms with van der Waals surface area (Å²) in [5.41, 5.74) is 0. The number of unbranched alkanes of at least 4 members (excludes halogenated alkanes) is 8. The Morgan fingerprint density at radius 3 is 1.94 bits per heavy atom. The van der Waals surface area contributed by atoms with Crippen LogP contribution in [0.2, 0.25) is 0 Å². The van der Waals surface area contributed by atoms with Gasteiger partial charge in [0.2, 0.25) is 0 Å². The van der Waals surface area contributed by atoms with E-state index in [1.165, 1.54) is 32.1 Å². The van der Waals surface area contributed by atoms with Gasteiger partial charge < -0.3 is 18.9 Å². The molecule has 10 heteroatoms. The van der Waals surface area contributed by atoms with Gasteiger partial charge in [0.05, 0.1) is 27.7 Å². The third-order valence-corrected chi connectivity index (χ3v) is 6.12. The fourth-order valence-corrected chi connectivity index (χ4v) is 3.73. The quantitative estimate of drug-likeness (QED) is 0.0938. The summed E-state index contributed by atoms with van der Waals surface area (Å²) in [5.74, 6) is -0.847. The summed E-state index contributed by atoms with van der Waals surface area (Å²) in [5, 5.41) is 0. The van der Waals surface area contributed by atoms with Crippen LogP contribution in [0.3, 0.4) is 0 Å². The summed E-state index contributed by atoms with van der Waals surface area (Å²) >= 11 is 0. The molecule has 0 amide bonds. The van der Waals surface area contributed by atoms with E-state index in [1.54, 1.807) is 0 Å². The highest BCUT2D eigenvalue weighted by atomic mass is 31.2. The van der Waals surface area contributed by atoms with Gasteiger partial charge in [0.25, 0.3) is 0 Å². The summed E-state index contributed by atoms with van der Waals surface area (Å²) < 4.78 is 33.3. The van der Waals surface area contributed by atoms with Crippen molar-refractivity contribution in [1.82, 2.24) is 0 Å². The van der Waals surface area contributed by atoms with E-state index in [-0.39, 0.29) is 26.1 Å². The molecule has 0 fully saturated rings. The van der Waals surface area contributed by atoms with E-state index < -0.39 is 32.5 Å². The molecular weight excluding hydrogens is 461 g/mol. The summed E-state index contributed by atoms with van der Waals surface area (Å²) in [6, 6.07) is 0. The Labute approximate surface area is 206 Å². The number of likely N-dealkylation sites (N-methyl/N-ethyl adjacent to an activating group) is 1. The van der Waals surface area contributed by atoms with Gasteiger partial charge in [-0.1, -0.05) is 65.2 Å². The summed E-state index contributed by atoms with van der Waals surface area (Å²) in [7, 11) is 1.47. The highest BCUT2D eigenvalue weighted by molar-refractivity contribution is 7.47. The number of carbonyl (C=O) groups excluding carboxylic acids is 2. The molecule has 0 heterocycles. The molecule has 0 saturated carbocycles. The van der Waals surface area contributed by atoms with Crippen molar-refractivity contribution in [1.29, 1.82) is 0 Å². The first-order valence-electron chi connectivity index (χ1n) is 12.8. The molecule has 0 spiro atoms. The molecule has 0 radical (unpaired) electrons. The number of phosphoric acid groups is 1. The van der Waals surface area contributed by atoms with Crippen LogP contribution in [0.25, 0.3) is 0 Å². The normalized spacial score (nSPS) is 14.4. The topological polar surface area (TPSA) is 108 Å². The minimum absolute atomic E-state index is 0.0339. The lowest BCUT2D eigenvalue weighted by Gasteiger charge is -2.24. The van der Waals surface area contributed by atoms with Gasteiger partial charge in [-0.3, -0.25) is 18.6 Å². The number of phosphoric ester groups is 1. The van der Waals surface area contributed by atoms with Crippen molar-refractivity contribution in [2.75, 3.05) is 47.5 Å². The summed E-state index contributed by atoms with van der Waals surface area (Å²) in [6.45, 7) is 4.07. The monoisotopic (exact) mass is 510 g/mol. The molecule has 202 valence electrons. The van der Waals surface area contributed by atoms with E-state index in [4.69, 9.17) is 18.5 Å².